The second kappa shape index (κ2) is 2.55. The first kappa shape index (κ1) is 8.23. The van der Waals surface area contributed by atoms with Crippen LogP contribution in [0.5, 0.6) is 5.75 Å². The minimum atomic E-state index is -0.0131. The third-order valence-corrected chi connectivity index (χ3v) is 2.07. The molecule has 0 unspecified atom stereocenters. The summed E-state index contributed by atoms with van der Waals surface area (Å²) < 4.78 is 5.58. The first-order chi connectivity index (χ1) is 6.07. The van der Waals surface area contributed by atoms with E-state index >= 15 is 0 Å². The summed E-state index contributed by atoms with van der Waals surface area (Å²) in [5.74, 6) is 0.883. The van der Waals surface area contributed by atoms with Gasteiger partial charge in [-0.25, -0.2) is 0 Å². The van der Waals surface area contributed by atoms with Gasteiger partial charge in [0.2, 0.25) is 0 Å². The Morgan fingerprint density at radius 1 is 1.46 bits per heavy atom. The van der Waals surface area contributed by atoms with Crippen LogP contribution in [-0.4, -0.2) is 12.1 Å². The van der Waals surface area contributed by atoms with Crippen LogP contribution in [0.15, 0.2) is 18.2 Å². The lowest BCUT2D eigenvalue weighted by atomic mass is 10.0. The smallest absolute Gasteiger partial charge is 0.142 e. The molecule has 2 rings (SSSR count). The number of hydrogen-bond acceptors (Lipinski definition) is 3. The molecule has 70 valence electrons. The van der Waals surface area contributed by atoms with E-state index in [4.69, 9.17) is 10.5 Å². The van der Waals surface area contributed by atoms with Crippen molar-refractivity contribution in [3.05, 3.63) is 18.2 Å². The molecule has 1 aromatic rings. The summed E-state index contributed by atoms with van der Waals surface area (Å²) >= 11 is 0. The van der Waals surface area contributed by atoms with Crippen LogP contribution in [0.4, 0.5) is 11.4 Å². The van der Waals surface area contributed by atoms with Gasteiger partial charge in [0, 0.05) is 5.69 Å². The summed E-state index contributed by atoms with van der Waals surface area (Å²) in [6.45, 7) is 4.88. The monoisotopic (exact) mass is 178 g/mol. The average Bonchev–Trinajstić information content (AvgIpc) is 2.01. The van der Waals surface area contributed by atoms with E-state index in [2.05, 4.69) is 19.2 Å². The van der Waals surface area contributed by atoms with E-state index in [0.29, 0.717) is 6.61 Å². The van der Waals surface area contributed by atoms with E-state index in [-0.39, 0.29) is 5.54 Å². The van der Waals surface area contributed by atoms with Crippen LogP contribution in [0.25, 0.3) is 0 Å². The van der Waals surface area contributed by atoms with E-state index in [1.54, 1.807) is 0 Å². The van der Waals surface area contributed by atoms with E-state index in [1.807, 2.05) is 18.2 Å². The molecule has 0 spiro atoms. The van der Waals surface area contributed by atoms with Gasteiger partial charge in [0.15, 0.2) is 0 Å². The Morgan fingerprint density at radius 2 is 2.23 bits per heavy atom. The summed E-state index contributed by atoms with van der Waals surface area (Å²) in [6.07, 6.45) is 0. The fourth-order valence-corrected chi connectivity index (χ4v) is 1.43. The summed E-state index contributed by atoms with van der Waals surface area (Å²) in [5, 5.41) is 3.37. The molecule has 1 heterocycles. The van der Waals surface area contributed by atoms with Gasteiger partial charge in [-0.2, -0.15) is 0 Å². The van der Waals surface area contributed by atoms with Crippen molar-refractivity contribution in [3.8, 4) is 5.75 Å². The van der Waals surface area contributed by atoms with Crippen molar-refractivity contribution in [2.75, 3.05) is 17.7 Å². The quantitative estimate of drug-likeness (QED) is 0.596. The molecule has 13 heavy (non-hydrogen) atoms. The average molecular weight is 178 g/mol. The fourth-order valence-electron chi connectivity index (χ4n) is 1.43. The molecular formula is C10H14N2O. The number of benzene rings is 1. The molecule has 0 aliphatic carbocycles. The molecule has 1 aliphatic heterocycles. The maximum Gasteiger partial charge on any atom is 0.142 e. The second-order valence-electron chi connectivity index (χ2n) is 4.05. The number of ether oxygens (including phenoxy) is 1. The normalized spacial score (nSPS) is 18.3. The summed E-state index contributed by atoms with van der Waals surface area (Å²) in [4.78, 5) is 0. The summed E-state index contributed by atoms with van der Waals surface area (Å²) in [6, 6.07) is 5.64. The van der Waals surface area contributed by atoms with Gasteiger partial charge in [-0.05, 0) is 32.0 Å². The molecule has 0 amide bonds. The maximum atomic E-state index is 5.67. The van der Waals surface area contributed by atoms with E-state index in [9.17, 15) is 0 Å². The highest BCUT2D eigenvalue weighted by Gasteiger charge is 2.25. The molecule has 0 radical (unpaired) electrons. The Hall–Kier alpha value is -1.38. The molecule has 3 nitrogen and oxygen atoms in total. The Labute approximate surface area is 77.9 Å². The number of anilines is 2. The highest BCUT2D eigenvalue weighted by molar-refractivity contribution is 5.65. The van der Waals surface area contributed by atoms with Gasteiger partial charge in [0.05, 0.1) is 11.2 Å². The van der Waals surface area contributed by atoms with Crippen molar-refractivity contribution in [1.29, 1.82) is 0 Å². The zero-order chi connectivity index (χ0) is 9.47. The zero-order valence-corrected chi connectivity index (χ0v) is 7.92. The molecular weight excluding hydrogens is 164 g/mol. The summed E-state index contributed by atoms with van der Waals surface area (Å²) in [7, 11) is 0. The highest BCUT2D eigenvalue weighted by Crippen LogP contribution is 2.33. The van der Waals surface area contributed by atoms with E-state index < -0.39 is 0 Å². The Morgan fingerprint density at radius 3 is 3.00 bits per heavy atom. The second-order valence-corrected chi connectivity index (χ2v) is 4.05. The Bertz CT molecular complexity index is 334. The van der Waals surface area contributed by atoms with Crippen LogP contribution >= 0.6 is 0 Å². The number of nitrogens with one attached hydrogen (secondary N) is 1. The van der Waals surface area contributed by atoms with Crippen molar-refractivity contribution >= 4 is 11.4 Å². The van der Waals surface area contributed by atoms with Crippen LogP contribution in [0.2, 0.25) is 0 Å². The molecule has 0 fully saturated rings. The molecule has 1 aromatic carbocycles. The molecule has 0 bridgehead atoms. The van der Waals surface area contributed by atoms with Crippen molar-refractivity contribution in [1.82, 2.24) is 0 Å². The van der Waals surface area contributed by atoms with Crippen LogP contribution in [-0.2, 0) is 0 Å². The number of nitrogen functional groups attached to an aromatic ring is 1. The summed E-state index contributed by atoms with van der Waals surface area (Å²) in [5.41, 5.74) is 7.40. The zero-order valence-electron chi connectivity index (χ0n) is 7.92. The molecule has 3 heteroatoms. The Kier molecular flexibility index (Phi) is 1.62. The molecule has 1 aliphatic rings. The molecule has 0 atom stereocenters. The number of nitrogens with two attached hydrogens (primary N) is 1. The SMILES string of the molecule is CC1(C)COc2ccc(N)cc2N1. The third-order valence-electron chi connectivity index (χ3n) is 2.07. The lowest BCUT2D eigenvalue weighted by Crippen LogP contribution is -2.40. The van der Waals surface area contributed by atoms with E-state index in [1.165, 1.54) is 0 Å². The van der Waals surface area contributed by atoms with Crippen LogP contribution in [0.1, 0.15) is 13.8 Å². The predicted molar refractivity (Wildman–Crippen MR) is 54.1 cm³/mol. The van der Waals surface area contributed by atoms with Crippen molar-refractivity contribution < 1.29 is 4.74 Å². The largest absolute Gasteiger partial charge is 0.489 e. The maximum absolute atomic E-state index is 5.67. The van der Waals surface area contributed by atoms with Crippen LogP contribution < -0.4 is 15.8 Å². The minimum Gasteiger partial charge on any atom is -0.489 e. The van der Waals surface area contributed by atoms with Crippen LogP contribution in [0, 0.1) is 0 Å². The van der Waals surface area contributed by atoms with Gasteiger partial charge < -0.3 is 15.8 Å². The van der Waals surface area contributed by atoms with Gasteiger partial charge in [0.25, 0.3) is 0 Å². The van der Waals surface area contributed by atoms with Crippen molar-refractivity contribution in [3.63, 3.8) is 0 Å². The minimum absolute atomic E-state index is 0.0131. The van der Waals surface area contributed by atoms with Gasteiger partial charge in [-0.1, -0.05) is 0 Å². The van der Waals surface area contributed by atoms with Crippen LogP contribution in [0.3, 0.4) is 0 Å². The van der Waals surface area contributed by atoms with Gasteiger partial charge in [-0.15, -0.1) is 0 Å². The molecule has 0 saturated heterocycles. The lowest BCUT2D eigenvalue weighted by molar-refractivity contribution is 0.242. The standard InChI is InChI=1S/C10H14N2O/c1-10(2)6-13-9-4-3-7(11)5-8(9)12-10/h3-5,12H,6,11H2,1-2H3. The lowest BCUT2D eigenvalue weighted by Gasteiger charge is -2.33. The molecule has 0 saturated carbocycles. The van der Waals surface area contributed by atoms with E-state index in [0.717, 1.165) is 17.1 Å². The fraction of sp³-hybridized carbons (Fsp3) is 0.400. The predicted octanol–water partition coefficient (Wildman–Crippen LogP) is 1.85. The third kappa shape index (κ3) is 1.54. The first-order valence-corrected chi connectivity index (χ1v) is 4.37. The first-order valence-electron chi connectivity index (χ1n) is 4.37. The van der Waals surface area contributed by atoms with Crippen molar-refractivity contribution in [2.24, 2.45) is 0 Å². The molecule has 0 aromatic heterocycles. The van der Waals surface area contributed by atoms with Gasteiger partial charge in [-0.3, -0.25) is 0 Å². The number of fused-ring (bicyclic) bond motifs is 1. The Balaban J connectivity index is 2.38. The van der Waals surface area contributed by atoms with Gasteiger partial charge in [0.1, 0.15) is 12.4 Å². The molecule has 3 N–H and O–H groups in total. The number of rotatable bonds is 0. The number of hydrogen-bond donors (Lipinski definition) is 2. The van der Waals surface area contributed by atoms with Crippen molar-refractivity contribution in [2.45, 2.75) is 19.4 Å². The highest BCUT2D eigenvalue weighted by atomic mass is 16.5. The topological polar surface area (TPSA) is 47.3 Å². The van der Waals surface area contributed by atoms with Gasteiger partial charge >= 0.3 is 0 Å².